The first kappa shape index (κ1) is 17.4. The van der Waals surface area contributed by atoms with Gasteiger partial charge in [0, 0.05) is 39.4 Å². The zero-order chi connectivity index (χ0) is 14.0. The molecule has 1 N–H and O–H groups in total. The van der Waals surface area contributed by atoms with Crippen LogP contribution in [-0.2, 0) is 9.53 Å². The monoisotopic (exact) mass is 260 g/mol. The topological polar surface area (TPSA) is 53.0 Å². The maximum atomic E-state index is 10.9. The highest BCUT2D eigenvalue weighted by molar-refractivity contribution is 5.69. The molecule has 0 fully saturated rings. The van der Waals surface area contributed by atoms with Gasteiger partial charge in [0.05, 0.1) is 5.92 Å². The van der Waals surface area contributed by atoms with E-state index in [2.05, 4.69) is 9.80 Å². The Balaban J connectivity index is 4.02. The maximum absolute atomic E-state index is 10.9. The summed E-state index contributed by atoms with van der Waals surface area (Å²) in [4.78, 5) is 15.2. The lowest BCUT2D eigenvalue weighted by Crippen LogP contribution is -2.37. The van der Waals surface area contributed by atoms with Gasteiger partial charge in [-0.25, -0.2) is 0 Å². The molecule has 0 aromatic rings. The number of carboxylic acids is 1. The van der Waals surface area contributed by atoms with Gasteiger partial charge in [-0.05, 0) is 27.4 Å². The minimum Gasteiger partial charge on any atom is -0.481 e. The number of hydrogen-bond acceptors (Lipinski definition) is 4. The normalized spacial score (nSPS) is 13.2. The van der Waals surface area contributed by atoms with Gasteiger partial charge in [-0.3, -0.25) is 4.79 Å². The van der Waals surface area contributed by atoms with Crippen molar-refractivity contribution in [2.24, 2.45) is 5.92 Å². The van der Waals surface area contributed by atoms with E-state index in [-0.39, 0.29) is 5.92 Å². The molecular formula is C13H28N2O3. The lowest BCUT2D eigenvalue weighted by atomic mass is 10.1. The van der Waals surface area contributed by atoms with Gasteiger partial charge in [0.1, 0.15) is 0 Å². The molecule has 0 spiro atoms. The van der Waals surface area contributed by atoms with Gasteiger partial charge >= 0.3 is 5.97 Å². The van der Waals surface area contributed by atoms with Crippen LogP contribution in [0.5, 0.6) is 0 Å². The molecule has 108 valence electrons. The number of hydrogen-bond donors (Lipinski definition) is 1. The van der Waals surface area contributed by atoms with Crippen molar-refractivity contribution in [1.82, 2.24) is 9.80 Å². The first-order valence-corrected chi connectivity index (χ1v) is 6.65. The van der Waals surface area contributed by atoms with Gasteiger partial charge in [0.15, 0.2) is 0 Å². The van der Waals surface area contributed by atoms with E-state index < -0.39 is 5.97 Å². The Morgan fingerprint density at radius 3 is 2.44 bits per heavy atom. The van der Waals surface area contributed by atoms with Gasteiger partial charge in [-0.2, -0.15) is 0 Å². The summed E-state index contributed by atoms with van der Waals surface area (Å²) in [6.07, 6.45) is 0.952. The summed E-state index contributed by atoms with van der Waals surface area (Å²) in [5.41, 5.74) is 0. The standard InChI is InChI=1S/C13H28N2O3/c1-5-18-10-6-7-15(9-8-14(3)4)11-12(2)13(16)17/h12H,5-11H2,1-4H3,(H,16,17). The van der Waals surface area contributed by atoms with E-state index in [1.54, 1.807) is 6.92 Å². The lowest BCUT2D eigenvalue weighted by Gasteiger charge is -2.25. The Bertz CT molecular complexity index is 222. The predicted octanol–water partition coefficient (Wildman–Crippen LogP) is 0.997. The Hall–Kier alpha value is -0.650. The summed E-state index contributed by atoms with van der Waals surface area (Å²) in [6.45, 7) is 8.57. The third-order valence-corrected chi connectivity index (χ3v) is 2.78. The fraction of sp³-hybridized carbons (Fsp3) is 0.923. The maximum Gasteiger partial charge on any atom is 0.307 e. The van der Waals surface area contributed by atoms with Crippen LogP contribution in [-0.4, -0.2) is 74.4 Å². The Morgan fingerprint density at radius 1 is 1.28 bits per heavy atom. The van der Waals surface area contributed by atoms with Gasteiger partial charge < -0.3 is 19.6 Å². The first-order chi connectivity index (χ1) is 8.47. The molecule has 0 radical (unpaired) electrons. The van der Waals surface area contributed by atoms with Gasteiger partial charge in [0.25, 0.3) is 0 Å². The van der Waals surface area contributed by atoms with Crippen LogP contribution in [0.3, 0.4) is 0 Å². The van der Waals surface area contributed by atoms with Crippen LogP contribution < -0.4 is 0 Å². The van der Waals surface area contributed by atoms with Crippen molar-refractivity contribution in [3.63, 3.8) is 0 Å². The van der Waals surface area contributed by atoms with Crippen molar-refractivity contribution in [1.29, 1.82) is 0 Å². The van der Waals surface area contributed by atoms with Crippen molar-refractivity contribution < 1.29 is 14.6 Å². The van der Waals surface area contributed by atoms with Crippen LogP contribution in [0.15, 0.2) is 0 Å². The molecule has 0 aliphatic heterocycles. The van der Waals surface area contributed by atoms with Crippen molar-refractivity contribution in [3.05, 3.63) is 0 Å². The molecule has 0 rings (SSSR count). The van der Waals surface area contributed by atoms with Crippen molar-refractivity contribution in [2.75, 3.05) is 53.5 Å². The Labute approximate surface area is 111 Å². The number of ether oxygens (including phenoxy) is 1. The summed E-state index contributed by atoms with van der Waals surface area (Å²) in [5.74, 6) is -1.05. The summed E-state index contributed by atoms with van der Waals surface area (Å²) in [6, 6.07) is 0. The molecule has 5 nitrogen and oxygen atoms in total. The van der Waals surface area contributed by atoms with Crippen LogP contribution >= 0.6 is 0 Å². The molecule has 0 saturated carbocycles. The van der Waals surface area contributed by atoms with Gasteiger partial charge in [0.2, 0.25) is 0 Å². The van der Waals surface area contributed by atoms with Gasteiger partial charge in [-0.1, -0.05) is 6.92 Å². The Kier molecular flexibility index (Phi) is 9.92. The second-order valence-electron chi connectivity index (χ2n) is 4.89. The van der Waals surface area contributed by atoms with E-state index in [1.165, 1.54) is 0 Å². The summed E-state index contributed by atoms with van der Waals surface area (Å²) in [5, 5.41) is 8.96. The molecule has 0 amide bonds. The second-order valence-corrected chi connectivity index (χ2v) is 4.89. The van der Waals surface area contributed by atoms with Crippen molar-refractivity contribution in [3.8, 4) is 0 Å². The largest absolute Gasteiger partial charge is 0.481 e. The van der Waals surface area contributed by atoms with E-state index >= 15 is 0 Å². The smallest absolute Gasteiger partial charge is 0.307 e. The minimum atomic E-state index is -0.727. The molecule has 18 heavy (non-hydrogen) atoms. The zero-order valence-corrected chi connectivity index (χ0v) is 12.2. The molecule has 0 bridgehead atoms. The summed E-state index contributed by atoms with van der Waals surface area (Å²) in [7, 11) is 4.05. The highest BCUT2D eigenvalue weighted by Crippen LogP contribution is 2.02. The highest BCUT2D eigenvalue weighted by atomic mass is 16.5. The van der Waals surface area contributed by atoms with Crippen molar-refractivity contribution in [2.45, 2.75) is 20.3 Å². The molecule has 0 aromatic carbocycles. The molecule has 1 unspecified atom stereocenters. The van der Waals surface area contributed by atoms with Crippen LogP contribution in [0.1, 0.15) is 20.3 Å². The average molecular weight is 260 g/mol. The first-order valence-electron chi connectivity index (χ1n) is 6.65. The van der Waals surface area contributed by atoms with E-state index in [0.29, 0.717) is 6.54 Å². The fourth-order valence-corrected chi connectivity index (χ4v) is 1.64. The van der Waals surface area contributed by atoms with E-state index in [4.69, 9.17) is 9.84 Å². The minimum absolute atomic E-state index is 0.320. The number of likely N-dealkylation sites (N-methyl/N-ethyl adjacent to an activating group) is 1. The fourth-order valence-electron chi connectivity index (χ4n) is 1.64. The third-order valence-electron chi connectivity index (χ3n) is 2.78. The number of aliphatic carboxylic acids is 1. The van der Waals surface area contributed by atoms with Crippen LogP contribution in [0.25, 0.3) is 0 Å². The second kappa shape index (κ2) is 10.3. The lowest BCUT2D eigenvalue weighted by molar-refractivity contribution is -0.141. The number of rotatable bonds is 11. The van der Waals surface area contributed by atoms with Crippen LogP contribution in [0.4, 0.5) is 0 Å². The molecule has 5 heteroatoms. The number of carbonyl (C=O) groups is 1. The molecule has 0 saturated heterocycles. The van der Waals surface area contributed by atoms with Crippen LogP contribution in [0.2, 0.25) is 0 Å². The Morgan fingerprint density at radius 2 is 1.94 bits per heavy atom. The zero-order valence-electron chi connectivity index (χ0n) is 12.2. The van der Waals surface area contributed by atoms with Crippen molar-refractivity contribution >= 4 is 5.97 Å². The molecular weight excluding hydrogens is 232 g/mol. The quantitative estimate of drug-likeness (QED) is 0.562. The number of carboxylic acid groups (broad SMARTS) is 1. The molecule has 0 aromatic heterocycles. The summed E-state index contributed by atoms with van der Waals surface area (Å²) < 4.78 is 5.31. The van der Waals surface area contributed by atoms with Gasteiger partial charge in [-0.15, -0.1) is 0 Å². The third kappa shape index (κ3) is 9.39. The predicted molar refractivity (Wildman–Crippen MR) is 72.9 cm³/mol. The molecule has 0 aliphatic rings. The van der Waals surface area contributed by atoms with E-state index in [0.717, 1.165) is 39.3 Å². The van der Waals surface area contributed by atoms with Crippen LogP contribution in [0, 0.1) is 5.92 Å². The molecule has 1 atom stereocenters. The van der Waals surface area contributed by atoms with E-state index in [1.807, 2.05) is 21.0 Å². The number of nitrogens with zero attached hydrogens (tertiary/aromatic N) is 2. The average Bonchev–Trinajstić information content (AvgIpc) is 2.30. The SMILES string of the molecule is CCOCCCN(CCN(C)C)CC(C)C(=O)O. The molecule has 0 aliphatic carbocycles. The van der Waals surface area contributed by atoms with E-state index in [9.17, 15) is 4.79 Å². The summed E-state index contributed by atoms with van der Waals surface area (Å²) >= 11 is 0. The molecule has 0 heterocycles. The highest BCUT2D eigenvalue weighted by Gasteiger charge is 2.15.